The molecule has 2 unspecified atom stereocenters. The van der Waals surface area contributed by atoms with Gasteiger partial charge >= 0.3 is 0 Å². The zero-order valence-electron chi connectivity index (χ0n) is 16.0. The van der Waals surface area contributed by atoms with Crippen molar-refractivity contribution in [2.45, 2.75) is 64.4 Å². The number of benzene rings is 2. The van der Waals surface area contributed by atoms with Crippen molar-refractivity contribution in [1.82, 2.24) is 0 Å². The highest BCUT2D eigenvalue weighted by Crippen LogP contribution is 2.34. The van der Waals surface area contributed by atoms with Gasteiger partial charge < -0.3 is 4.74 Å². The molecule has 1 heterocycles. The van der Waals surface area contributed by atoms with Gasteiger partial charge in [-0.05, 0) is 48.4 Å². The van der Waals surface area contributed by atoms with E-state index >= 15 is 0 Å². The van der Waals surface area contributed by atoms with Crippen LogP contribution in [0.1, 0.15) is 63.0 Å². The number of halogens is 3. The number of ether oxygens (including phenoxy) is 1. The second-order valence-electron chi connectivity index (χ2n) is 7.36. The van der Waals surface area contributed by atoms with E-state index in [0.717, 1.165) is 32.1 Å². The van der Waals surface area contributed by atoms with Crippen LogP contribution in [-0.4, -0.2) is 12.7 Å². The van der Waals surface area contributed by atoms with Crippen LogP contribution in [0.2, 0.25) is 0 Å². The Balaban J connectivity index is 1.76. The van der Waals surface area contributed by atoms with Gasteiger partial charge in [-0.25, -0.2) is 13.2 Å². The molecule has 3 rings (SSSR count). The van der Waals surface area contributed by atoms with Crippen LogP contribution in [0.5, 0.6) is 0 Å². The predicted molar refractivity (Wildman–Crippen MR) is 102 cm³/mol. The van der Waals surface area contributed by atoms with Gasteiger partial charge in [0.1, 0.15) is 5.82 Å². The van der Waals surface area contributed by atoms with E-state index in [0.29, 0.717) is 29.7 Å². The standard InChI is InChI=1S/C23H27F3O/c1-3-5-6-18-10-7-17(14-27-18)19-11-9-16(13-21(19)24)20-12-8-15(4-2)22(25)23(20)26/h8-9,11-13,17-18H,3-7,10,14H2,1-2H3. The lowest BCUT2D eigenvalue weighted by Gasteiger charge is -2.29. The minimum absolute atomic E-state index is 0.0148. The van der Waals surface area contributed by atoms with Gasteiger partial charge in [-0.3, -0.25) is 0 Å². The molecule has 1 nitrogen and oxygen atoms in total. The molecule has 2 aromatic carbocycles. The van der Waals surface area contributed by atoms with Gasteiger partial charge in [-0.2, -0.15) is 0 Å². The third-order valence-electron chi connectivity index (χ3n) is 5.54. The number of hydrogen-bond acceptors (Lipinski definition) is 1. The molecule has 146 valence electrons. The van der Waals surface area contributed by atoms with E-state index in [2.05, 4.69) is 6.92 Å². The first-order valence-corrected chi connectivity index (χ1v) is 9.93. The Bertz CT molecular complexity index is 779. The summed E-state index contributed by atoms with van der Waals surface area (Å²) < 4.78 is 49.0. The topological polar surface area (TPSA) is 9.23 Å². The van der Waals surface area contributed by atoms with Crippen molar-refractivity contribution >= 4 is 0 Å². The molecule has 0 bridgehead atoms. The normalized spacial score (nSPS) is 20.0. The molecule has 0 aliphatic carbocycles. The van der Waals surface area contributed by atoms with Crippen LogP contribution in [0.15, 0.2) is 30.3 Å². The highest BCUT2D eigenvalue weighted by atomic mass is 19.2. The largest absolute Gasteiger partial charge is 0.378 e. The molecule has 0 saturated carbocycles. The smallest absolute Gasteiger partial charge is 0.166 e. The van der Waals surface area contributed by atoms with Crippen molar-refractivity contribution < 1.29 is 17.9 Å². The molecule has 0 aromatic heterocycles. The molecule has 0 radical (unpaired) electrons. The van der Waals surface area contributed by atoms with Crippen LogP contribution in [0, 0.1) is 17.5 Å². The minimum Gasteiger partial charge on any atom is -0.378 e. The van der Waals surface area contributed by atoms with Crippen molar-refractivity contribution in [2.75, 3.05) is 6.61 Å². The Kier molecular flexibility index (Phi) is 6.59. The Morgan fingerprint density at radius 1 is 1.00 bits per heavy atom. The van der Waals surface area contributed by atoms with Crippen LogP contribution in [-0.2, 0) is 11.2 Å². The molecule has 0 N–H and O–H groups in total. The van der Waals surface area contributed by atoms with Gasteiger partial charge in [0.15, 0.2) is 11.6 Å². The summed E-state index contributed by atoms with van der Waals surface area (Å²) in [5.74, 6) is -2.13. The quantitative estimate of drug-likeness (QED) is 0.539. The van der Waals surface area contributed by atoms with E-state index < -0.39 is 11.6 Å². The van der Waals surface area contributed by atoms with Gasteiger partial charge in [0.05, 0.1) is 12.7 Å². The number of aryl methyl sites for hydroxylation is 1. The summed E-state index contributed by atoms with van der Waals surface area (Å²) in [5.41, 5.74) is 1.37. The van der Waals surface area contributed by atoms with Crippen molar-refractivity contribution in [2.24, 2.45) is 0 Å². The fraction of sp³-hybridized carbons (Fsp3) is 0.478. The van der Waals surface area contributed by atoms with E-state index in [9.17, 15) is 13.2 Å². The lowest BCUT2D eigenvalue weighted by Crippen LogP contribution is -2.25. The van der Waals surface area contributed by atoms with E-state index in [1.807, 2.05) is 0 Å². The lowest BCUT2D eigenvalue weighted by molar-refractivity contribution is -0.00249. The predicted octanol–water partition coefficient (Wildman–Crippen LogP) is 6.79. The molecule has 1 aliphatic heterocycles. The summed E-state index contributed by atoms with van der Waals surface area (Å²) in [5, 5.41) is 0. The summed E-state index contributed by atoms with van der Waals surface area (Å²) >= 11 is 0. The first-order chi connectivity index (χ1) is 13.0. The highest BCUT2D eigenvalue weighted by molar-refractivity contribution is 5.65. The van der Waals surface area contributed by atoms with Crippen molar-refractivity contribution in [1.29, 1.82) is 0 Å². The molecule has 0 spiro atoms. The first-order valence-electron chi connectivity index (χ1n) is 9.93. The molecule has 1 fully saturated rings. The van der Waals surface area contributed by atoms with E-state index in [1.165, 1.54) is 12.1 Å². The number of hydrogen-bond donors (Lipinski definition) is 0. The highest BCUT2D eigenvalue weighted by Gasteiger charge is 2.25. The molecule has 4 heteroatoms. The van der Waals surface area contributed by atoms with Crippen LogP contribution in [0.3, 0.4) is 0 Å². The monoisotopic (exact) mass is 376 g/mol. The Hall–Kier alpha value is -1.81. The maximum atomic E-state index is 14.7. The van der Waals surface area contributed by atoms with E-state index in [-0.39, 0.29) is 23.4 Å². The average Bonchev–Trinajstić information content (AvgIpc) is 2.69. The Morgan fingerprint density at radius 2 is 1.81 bits per heavy atom. The van der Waals surface area contributed by atoms with Crippen molar-refractivity contribution in [3.05, 3.63) is 58.9 Å². The van der Waals surface area contributed by atoms with E-state index in [4.69, 9.17) is 4.74 Å². The van der Waals surface area contributed by atoms with Gasteiger partial charge in [0, 0.05) is 11.5 Å². The van der Waals surface area contributed by atoms with Crippen LogP contribution in [0.4, 0.5) is 13.2 Å². The van der Waals surface area contributed by atoms with Crippen LogP contribution >= 0.6 is 0 Å². The second-order valence-corrected chi connectivity index (χ2v) is 7.36. The zero-order chi connectivity index (χ0) is 19.4. The van der Waals surface area contributed by atoms with Crippen LogP contribution in [0.25, 0.3) is 11.1 Å². The maximum absolute atomic E-state index is 14.7. The molecule has 27 heavy (non-hydrogen) atoms. The minimum atomic E-state index is -0.915. The second kappa shape index (κ2) is 8.92. The summed E-state index contributed by atoms with van der Waals surface area (Å²) in [6.45, 7) is 4.44. The fourth-order valence-electron chi connectivity index (χ4n) is 3.82. The fourth-order valence-corrected chi connectivity index (χ4v) is 3.82. The third kappa shape index (κ3) is 4.37. The van der Waals surface area contributed by atoms with Gasteiger partial charge in [0.25, 0.3) is 0 Å². The first kappa shape index (κ1) is 19.9. The number of rotatable bonds is 6. The Morgan fingerprint density at radius 3 is 2.44 bits per heavy atom. The lowest BCUT2D eigenvalue weighted by atomic mass is 9.88. The Labute approximate surface area is 159 Å². The molecule has 2 aromatic rings. The zero-order valence-corrected chi connectivity index (χ0v) is 16.0. The summed E-state index contributed by atoms with van der Waals surface area (Å²) in [7, 11) is 0. The van der Waals surface area contributed by atoms with Crippen molar-refractivity contribution in [3.63, 3.8) is 0 Å². The molecule has 1 aliphatic rings. The van der Waals surface area contributed by atoms with Crippen molar-refractivity contribution in [3.8, 4) is 11.1 Å². The van der Waals surface area contributed by atoms with Gasteiger partial charge in [-0.15, -0.1) is 0 Å². The molecule has 0 amide bonds. The van der Waals surface area contributed by atoms with E-state index in [1.54, 1.807) is 25.1 Å². The number of unbranched alkanes of at least 4 members (excludes halogenated alkanes) is 1. The molecule has 1 saturated heterocycles. The molecular weight excluding hydrogens is 349 g/mol. The van der Waals surface area contributed by atoms with Crippen LogP contribution < -0.4 is 0 Å². The summed E-state index contributed by atoms with van der Waals surface area (Å²) in [6, 6.07) is 7.75. The third-order valence-corrected chi connectivity index (χ3v) is 5.54. The van der Waals surface area contributed by atoms with Gasteiger partial charge in [0.2, 0.25) is 0 Å². The van der Waals surface area contributed by atoms with Gasteiger partial charge in [-0.1, -0.05) is 51.0 Å². The SMILES string of the molecule is CCCCC1CCC(c2ccc(-c3ccc(CC)c(F)c3F)cc2F)CO1. The molecule has 2 atom stereocenters. The summed E-state index contributed by atoms with van der Waals surface area (Å²) in [4.78, 5) is 0. The average molecular weight is 376 g/mol. The summed E-state index contributed by atoms with van der Waals surface area (Å²) in [6.07, 6.45) is 5.87. The molecular formula is C23H27F3O. The maximum Gasteiger partial charge on any atom is 0.166 e.